The molecule has 0 saturated carbocycles. The van der Waals surface area contributed by atoms with E-state index in [4.69, 9.17) is 23.2 Å². The molecule has 0 bridgehead atoms. The first kappa shape index (κ1) is 28.7. The zero-order valence-electron chi connectivity index (χ0n) is 23.3. The van der Waals surface area contributed by atoms with Gasteiger partial charge in [0.15, 0.2) is 0 Å². The number of hydrogen-bond donors (Lipinski definition) is 0. The van der Waals surface area contributed by atoms with Gasteiger partial charge in [-0.05, 0) is 73.2 Å². The van der Waals surface area contributed by atoms with E-state index >= 15 is 0 Å². The molecule has 0 aromatic heterocycles. The molecular formula is C33H37Cl2N3O2. The van der Waals surface area contributed by atoms with Crippen LogP contribution in [0.15, 0.2) is 72.8 Å². The lowest BCUT2D eigenvalue weighted by molar-refractivity contribution is -0.139. The molecule has 2 amide bonds. The number of likely N-dealkylation sites (N-methyl/N-ethyl adjacent to an activating group) is 1. The average molecular weight is 579 g/mol. The number of amides is 2. The first-order chi connectivity index (χ1) is 19.3. The minimum atomic E-state index is -0.220. The van der Waals surface area contributed by atoms with Gasteiger partial charge < -0.3 is 14.7 Å². The van der Waals surface area contributed by atoms with Crippen LogP contribution in [0.4, 0.5) is 0 Å². The molecule has 1 unspecified atom stereocenters. The Hall–Kier alpha value is -2.86. The van der Waals surface area contributed by atoms with Crippen molar-refractivity contribution in [3.8, 4) is 0 Å². The highest BCUT2D eigenvalue weighted by Crippen LogP contribution is 2.43. The molecule has 0 aliphatic carbocycles. The van der Waals surface area contributed by atoms with Crippen LogP contribution in [-0.2, 0) is 16.8 Å². The van der Waals surface area contributed by atoms with Crippen LogP contribution < -0.4 is 0 Å². The highest BCUT2D eigenvalue weighted by atomic mass is 35.5. The molecule has 1 fully saturated rings. The van der Waals surface area contributed by atoms with Crippen LogP contribution in [0.5, 0.6) is 0 Å². The Morgan fingerprint density at radius 3 is 2.33 bits per heavy atom. The highest BCUT2D eigenvalue weighted by Gasteiger charge is 2.45. The van der Waals surface area contributed by atoms with Crippen molar-refractivity contribution >= 4 is 35.0 Å². The standard InChI is InChI=1S/C33H37Cl2N3O2/c1-24(39)38-19-15-25-8-6-7-11-29(25)33(38)16-20-37(21-17-33)18-14-28(27-12-13-30(34)31(35)22-27)23-36(2)32(40)26-9-4-3-5-10-26/h3-13,22,28H,14-21,23H2,1-2H3. The summed E-state index contributed by atoms with van der Waals surface area (Å²) in [6, 6.07) is 23.8. The van der Waals surface area contributed by atoms with Crippen molar-refractivity contribution in [2.24, 2.45) is 0 Å². The molecule has 1 atom stereocenters. The van der Waals surface area contributed by atoms with Gasteiger partial charge in [-0.25, -0.2) is 0 Å². The van der Waals surface area contributed by atoms with Crippen molar-refractivity contribution in [3.63, 3.8) is 0 Å². The van der Waals surface area contributed by atoms with E-state index in [2.05, 4.69) is 34.1 Å². The summed E-state index contributed by atoms with van der Waals surface area (Å²) in [6.07, 6.45) is 3.65. The number of hydrogen-bond acceptors (Lipinski definition) is 3. The second-order valence-corrected chi connectivity index (χ2v) is 12.0. The number of rotatable bonds is 7. The second-order valence-electron chi connectivity index (χ2n) is 11.2. The third-order valence-corrected chi connectivity index (χ3v) is 9.51. The Labute approximate surface area is 247 Å². The Balaban J connectivity index is 1.30. The zero-order valence-corrected chi connectivity index (χ0v) is 24.8. The summed E-state index contributed by atoms with van der Waals surface area (Å²) in [7, 11) is 1.86. The van der Waals surface area contributed by atoms with E-state index in [9.17, 15) is 9.59 Å². The smallest absolute Gasteiger partial charge is 0.253 e. The third-order valence-electron chi connectivity index (χ3n) is 8.77. The van der Waals surface area contributed by atoms with E-state index in [0.717, 1.165) is 57.4 Å². The summed E-state index contributed by atoms with van der Waals surface area (Å²) in [4.78, 5) is 32.3. The Kier molecular flexibility index (Phi) is 8.84. The summed E-state index contributed by atoms with van der Waals surface area (Å²) >= 11 is 12.6. The predicted molar refractivity (Wildman–Crippen MR) is 162 cm³/mol. The lowest BCUT2D eigenvalue weighted by Gasteiger charge is -2.52. The molecule has 2 aliphatic heterocycles. The van der Waals surface area contributed by atoms with Crippen molar-refractivity contribution in [2.45, 2.75) is 44.1 Å². The molecule has 7 heteroatoms. The largest absolute Gasteiger partial charge is 0.341 e. The molecule has 1 spiro atoms. The maximum atomic E-state index is 13.1. The fourth-order valence-electron chi connectivity index (χ4n) is 6.61. The number of nitrogens with zero attached hydrogens (tertiary/aromatic N) is 3. The molecule has 3 aromatic carbocycles. The van der Waals surface area contributed by atoms with Crippen molar-refractivity contribution in [1.29, 1.82) is 0 Å². The van der Waals surface area contributed by atoms with E-state index in [1.165, 1.54) is 11.1 Å². The van der Waals surface area contributed by atoms with Gasteiger partial charge in [-0.1, -0.05) is 71.7 Å². The number of benzene rings is 3. The van der Waals surface area contributed by atoms with Gasteiger partial charge in [0, 0.05) is 51.6 Å². The van der Waals surface area contributed by atoms with Gasteiger partial charge in [-0.3, -0.25) is 9.59 Å². The number of carbonyl (C=O) groups excluding carboxylic acids is 2. The van der Waals surface area contributed by atoms with Crippen LogP contribution in [0.3, 0.4) is 0 Å². The fraction of sp³-hybridized carbons (Fsp3) is 0.394. The number of likely N-dealkylation sites (tertiary alicyclic amines) is 1. The molecule has 1 saturated heterocycles. The molecule has 0 radical (unpaired) electrons. The summed E-state index contributed by atoms with van der Waals surface area (Å²) in [5.74, 6) is 0.270. The third kappa shape index (κ3) is 5.93. The lowest BCUT2D eigenvalue weighted by Crippen LogP contribution is -2.57. The van der Waals surface area contributed by atoms with E-state index in [1.54, 1.807) is 11.8 Å². The summed E-state index contributed by atoms with van der Waals surface area (Å²) in [5, 5.41) is 1.06. The van der Waals surface area contributed by atoms with Crippen molar-refractivity contribution in [2.75, 3.05) is 39.8 Å². The molecule has 40 heavy (non-hydrogen) atoms. The van der Waals surface area contributed by atoms with E-state index in [0.29, 0.717) is 22.2 Å². The topological polar surface area (TPSA) is 43.9 Å². The van der Waals surface area contributed by atoms with Gasteiger partial charge in [-0.2, -0.15) is 0 Å². The minimum absolute atomic E-state index is 0.00543. The van der Waals surface area contributed by atoms with Crippen molar-refractivity contribution < 1.29 is 9.59 Å². The van der Waals surface area contributed by atoms with E-state index < -0.39 is 0 Å². The van der Waals surface area contributed by atoms with Gasteiger partial charge >= 0.3 is 0 Å². The van der Waals surface area contributed by atoms with Crippen LogP contribution in [-0.4, -0.2) is 66.3 Å². The average Bonchev–Trinajstić information content (AvgIpc) is 2.97. The SMILES string of the molecule is CC(=O)N1CCc2ccccc2C12CCN(CCC(CN(C)C(=O)c1ccccc1)c1ccc(Cl)c(Cl)c1)CC2. The maximum absolute atomic E-state index is 13.1. The second kappa shape index (κ2) is 12.3. The molecule has 5 nitrogen and oxygen atoms in total. The molecule has 5 rings (SSSR count). The van der Waals surface area contributed by atoms with Crippen LogP contribution >= 0.6 is 23.2 Å². The Morgan fingerprint density at radius 2 is 1.62 bits per heavy atom. The quantitative estimate of drug-likeness (QED) is 0.316. The monoisotopic (exact) mass is 577 g/mol. The number of carbonyl (C=O) groups is 2. The molecule has 0 N–H and O–H groups in total. The first-order valence-electron chi connectivity index (χ1n) is 14.1. The van der Waals surface area contributed by atoms with Gasteiger partial charge in [-0.15, -0.1) is 0 Å². The lowest BCUT2D eigenvalue weighted by atomic mass is 9.74. The summed E-state index contributed by atoms with van der Waals surface area (Å²) in [5.41, 5.74) is 4.24. The highest BCUT2D eigenvalue weighted by molar-refractivity contribution is 6.42. The Morgan fingerprint density at radius 1 is 0.925 bits per heavy atom. The molecule has 2 heterocycles. The van der Waals surface area contributed by atoms with Crippen LogP contribution in [0.1, 0.15) is 59.2 Å². The van der Waals surface area contributed by atoms with Gasteiger partial charge in [0.1, 0.15) is 0 Å². The number of halogens is 2. The van der Waals surface area contributed by atoms with Crippen LogP contribution in [0.25, 0.3) is 0 Å². The van der Waals surface area contributed by atoms with Crippen LogP contribution in [0.2, 0.25) is 10.0 Å². The van der Waals surface area contributed by atoms with Gasteiger partial charge in [0.2, 0.25) is 5.91 Å². The first-order valence-corrected chi connectivity index (χ1v) is 14.9. The molecular weight excluding hydrogens is 541 g/mol. The predicted octanol–water partition coefficient (Wildman–Crippen LogP) is 6.64. The zero-order chi connectivity index (χ0) is 28.3. The van der Waals surface area contributed by atoms with Crippen molar-refractivity contribution in [1.82, 2.24) is 14.7 Å². The maximum Gasteiger partial charge on any atom is 0.253 e. The molecule has 2 aliphatic rings. The normalized spacial score (nSPS) is 17.4. The fourth-order valence-corrected chi connectivity index (χ4v) is 6.92. The molecule has 3 aromatic rings. The van der Waals surface area contributed by atoms with E-state index in [1.807, 2.05) is 55.6 Å². The van der Waals surface area contributed by atoms with Gasteiger partial charge in [0.05, 0.1) is 15.6 Å². The Bertz CT molecular complexity index is 1350. The number of piperidine rings is 1. The summed E-state index contributed by atoms with van der Waals surface area (Å²) < 4.78 is 0. The minimum Gasteiger partial charge on any atom is -0.341 e. The molecule has 210 valence electrons. The van der Waals surface area contributed by atoms with Crippen LogP contribution in [0, 0.1) is 0 Å². The van der Waals surface area contributed by atoms with Crippen molar-refractivity contribution in [3.05, 3.63) is 105 Å². The number of fused-ring (bicyclic) bond motifs is 2. The van der Waals surface area contributed by atoms with E-state index in [-0.39, 0.29) is 23.3 Å². The summed E-state index contributed by atoms with van der Waals surface area (Å²) in [6.45, 7) is 5.81. The van der Waals surface area contributed by atoms with Gasteiger partial charge in [0.25, 0.3) is 5.91 Å².